The van der Waals surface area contributed by atoms with Crippen LogP contribution < -0.4 is 10.6 Å². The molecule has 1 heterocycles. The minimum absolute atomic E-state index is 0.565. The molecule has 2 N–H and O–H groups in total. The number of nitrogens with zero attached hydrogens (tertiary/aromatic N) is 3. The molecule has 5 nitrogen and oxygen atoms in total. The van der Waals surface area contributed by atoms with E-state index in [-0.39, 0.29) is 0 Å². The normalized spacial score (nSPS) is 17.4. The second-order valence-corrected chi connectivity index (χ2v) is 6.31. The van der Waals surface area contributed by atoms with Crippen LogP contribution >= 0.6 is 0 Å². The van der Waals surface area contributed by atoms with E-state index in [0.29, 0.717) is 12.5 Å². The van der Waals surface area contributed by atoms with Crippen LogP contribution in [0.4, 0.5) is 0 Å². The molecule has 0 bridgehead atoms. The number of hydrogen-bond acceptors (Lipinski definition) is 2. The first-order valence-electron chi connectivity index (χ1n) is 8.84. The van der Waals surface area contributed by atoms with Gasteiger partial charge in [0.25, 0.3) is 0 Å². The smallest absolute Gasteiger partial charge is 0.191 e. The van der Waals surface area contributed by atoms with Crippen molar-refractivity contribution in [2.24, 2.45) is 12.0 Å². The lowest BCUT2D eigenvalue weighted by atomic mass is 9.83. The van der Waals surface area contributed by atoms with Crippen molar-refractivity contribution in [1.29, 1.82) is 0 Å². The van der Waals surface area contributed by atoms with Crippen LogP contribution in [0.5, 0.6) is 0 Å². The van der Waals surface area contributed by atoms with E-state index < -0.39 is 0 Å². The maximum atomic E-state index is 4.69. The predicted molar refractivity (Wildman–Crippen MR) is 98.1 cm³/mol. The third kappa shape index (κ3) is 3.96. The summed E-state index contributed by atoms with van der Waals surface area (Å²) in [6.07, 6.45) is 5.53. The number of nitrogens with one attached hydrogen (secondary N) is 2. The average molecular weight is 325 g/mol. The van der Waals surface area contributed by atoms with Crippen molar-refractivity contribution in [3.63, 3.8) is 0 Å². The molecule has 0 spiro atoms. The van der Waals surface area contributed by atoms with E-state index >= 15 is 0 Å². The van der Waals surface area contributed by atoms with Crippen LogP contribution in [0.1, 0.15) is 42.5 Å². The quantitative estimate of drug-likeness (QED) is 0.656. The Bertz CT molecular complexity index is 689. The first kappa shape index (κ1) is 16.6. The topological polar surface area (TPSA) is 54.2 Å². The molecule has 1 aromatic heterocycles. The Labute approximate surface area is 144 Å². The molecule has 3 rings (SSSR count). The molecule has 128 valence electrons. The minimum atomic E-state index is 0.565. The molecule has 1 unspecified atom stereocenters. The zero-order chi connectivity index (χ0) is 16.8. The fourth-order valence-electron chi connectivity index (χ4n) is 3.34. The molecule has 0 amide bonds. The molecule has 5 heteroatoms. The van der Waals surface area contributed by atoms with Crippen LogP contribution in [0.3, 0.4) is 0 Å². The SMILES string of the molecule is CCNC(=NCc1ccnn1C)NCC1CCCc2ccccc21. The van der Waals surface area contributed by atoms with Crippen molar-refractivity contribution in [3.05, 3.63) is 53.3 Å². The molecule has 0 saturated heterocycles. The molecular weight excluding hydrogens is 298 g/mol. The third-order valence-corrected chi connectivity index (χ3v) is 4.68. The number of hydrogen-bond donors (Lipinski definition) is 2. The highest BCUT2D eigenvalue weighted by Gasteiger charge is 2.19. The standard InChI is InChI=1S/C19H27N5/c1-3-20-19(22-14-17-11-12-23-24(17)2)21-13-16-9-6-8-15-7-4-5-10-18(15)16/h4-5,7,10-12,16H,3,6,8-9,13-14H2,1-2H3,(H2,20,21,22). The van der Waals surface area contributed by atoms with Crippen LogP contribution in [0.15, 0.2) is 41.5 Å². The van der Waals surface area contributed by atoms with Crippen LogP contribution in [0, 0.1) is 0 Å². The summed E-state index contributed by atoms with van der Waals surface area (Å²) in [5, 5.41) is 11.1. The largest absolute Gasteiger partial charge is 0.357 e. The van der Waals surface area contributed by atoms with E-state index in [2.05, 4.69) is 46.9 Å². The molecular formula is C19H27N5. The van der Waals surface area contributed by atoms with Gasteiger partial charge in [-0.1, -0.05) is 24.3 Å². The fourth-order valence-corrected chi connectivity index (χ4v) is 3.34. The zero-order valence-electron chi connectivity index (χ0n) is 14.6. The van der Waals surface area contributed by atoms with Gasteiger partial charge in [0.1, 0.15) is 0 Å². The van der Waals surface area contributed by atoms with E-state index in [9.17, 15) is 0 Å². The van der Waals surface area contributed by atoms with Gasteiger partial charge >= 0.3 is 0 Å². The Kier molecular flexibility index (Phi) is 5.51. The van der Waals surface area contributed by atoms with Crippen LogP contribution in [0.25, 0.3) is 0 Å². The van der Waals surface area contributed by atoms with Crippen LogP contribution in [0.2, 0.25) is 0 Å². The van der Waals surface area contributed by atoms with Crippen molar-refractivity contribution in [3.8, 4) is 0 Å². The van der Waals surface area contributed by atoms with Gasteiger partial charge in [-0.05, 0) is 43.4 Å². The average Bonchev–Trinajstić information content (AvgIpc) is 3.02. The molecule has 0 fully saturated rings. The van der Waals surface area contributed by atoms with E-state index in [1.165, 1.54) is 30.4 Å². The molecule has 0 saturated carbocycles. The highest BCUT2D eigenvalue weighted by Crippen LogP contribution is 2.30. The lowest BCUT2D eigenvalue weighted by Gasteiger charge is -2.26. The Morgan fingerprint density at radius 3 is 2.96 bits per heavy atom. The summed E-state index contributed by atoms with van der Waals surface area (Å²) < 4.78 is 1.87. The summed E-state index contributed by atoms with van der Waals surface area (Å²) in [7, 11) is 1.95. The first-order valence-corrected chi connectivity index (χ1v) is 8.84. The summed E-state index contributed by atoms with van der Waals surface area (Å²) in [6, 6.07) is 10.8. The Hall–Kier alpha value is -2.30. The minimum Gasteiger partial charge on any atom is -0.357 e. The molecule has 1 aliphatic carbocycles. The lowest BCUT2D eigenvalue weighted by molar-refractivity contribution is 0.539. The van der Waals surface area contributed by atoms with E-state index in [1.807, 2.05) is 24.0 Å². The van der Waals surface area contributed by atoms with Crippen molar-refractivity contribution >= 4 is 5.96 Å². The third-order valence-electron chi connectivity index (χ3n) is 4.68. The summed E-state index contributed by atoms with van der Waals surface area (Å²) >= 11 is 0. The van der Waals surface area contributed by atoms with Crippen molar-refractivity contribution in [2.45, 2.75) is 38.6 Å². The number of aryl methyl sites for hydroxylation is 2. The van der Waals surface area contributed by atoms with E-state index in [1.54, 1.807) is 0 Å². The van der Waals surface area contributed by atoms with Gasteiger partial charge in [-0.3, -0.25) is 4.68 Å². The van der Waals surface area contributed by atoms with Crippen LogP contribution in [-0.4, -0.2) is 28.8 Å². The summed E-state index contributed by atoms with van der Waals surface area (Å²) in [5.41, 5.74) is 4.11. The summed E-state index contributed by atoms with van der Waals surface area (Å²) in [4.78, 5) is 4.69. The number of aromatic nitrogens is 2. The molecule has 1 atom stereocenters. The molecule has 0 radical (unpaired) electrons. The van der Waals surface area contributed by atoms with E-state index in [0.717, 1.165) is 24.7 Å². The second kappa shape index (κ2) is 7.99. The van der Waals surface area contributed by atoms with Gasteiger partial charge in [-0.25, -0.2) is 4.99 Å². The van der Waals surface area contributed by atoms with Gasteiger partial charge < -0.3 is 10.6 Å². The number of aliphatic imine (C=N–C) groups is 1. The summed E-state index contributed by atoms with van der Waals surface area (Å²) in [6.45, 7) is 4.51. The highest BCUT2D eigenvalue weighted by atomic mass is 15.3. The Morgan fingerprint density at radius 2 is 2.17 bits per heavy atom. The van der Waals surface area contributed by atoms with Gasteiger partial charge in [0.15, 0.2) is 5.96 Å². The molecule has 0 aliphatic heterocycles. The van der Waals surface area contributed by atoms with Crippen molar-refractivity contribution < 1.29 is 0 Å². The second-order valence-electron chi connectivity index (χ2n) is 6.31. The molecule has 2 aromatic rings. The summed E-state index contributed by atoms with van der Waals surface area (Å²) in [5.74, 6) is 1.44. The zero-order valence-corrected chi connectivity index (χ0v) is 14.6. The van der Waals surface area contributed by atoms with Gasteiger partial charge in [-0.15, -0.1) is 0 Å². The molecule has 24 heavy (non-hydrogen) atoms. The predicted octanol–water partition coefficient (Wildman–Crippen LogP) is 2.60. The maximum absolute atomic E-state index is 4.69. The number of guanidine groups is 1. The van der Waals surface area contributed by atoms with Gasteiger partial charge in [-0.2, -0.15) is 5.10 Å². The van der Waals surface area contributed by atoms with Crippen molar-refractivity contribution in [2.75, 3.05) is 13.1 Å². The fraction of sp³-hybridized carbons (Fsp3) is 0.474. The van der Waals surface area contributed by atoms with Gasteiger partial charge in [0.2, 0.25) is 0 Å². The molecule has 1 aromatic carbocycles. The number of fused-ring (bicyclic) bond motifs is 1. The maximum Gasteiger partial charge on any atom is 0.191 e. The highest BCUT2D eigenvalue weighted by molar-refractivity contribution is 5.79. The lowest BCUT2D eigenvalue weighted by Crippen LogP contribution is -2.39. The van der Waals surface area contributed by atoms with Crippen molar-refractivity contribution in [1.82, 2.24) is 20.4 Å². The van der Waals surface area contributed by atoms with E-state index in [4.69, 9.17) is 4.99 Å². The monoisotopic (exact) mass is 325 g/mol. The first-order chi connectivity index (χ1) is 11.8. The Balaban J connectivity index is 1.63. The number of benzene rings is 1. The Morgan fingerprint density at radius 1 is 1.29 bits per heavy atom. The molecule has 1 aliphatic rings. The number of rotatable bonds is 5. The van der Waals surface area contributed by atoms with Crippen LogP contribution in [-0.2, 0) is 20.0 Å². The van der Waals surface area contributed by atoms with Gasteiger partial charge in [0.05, 0.1) is 12.2 Å². The van der Waals surface area contributed by atoms with Gasteiger partial charge in [0, 0.05) is 32.3 Å².